The van der Waals surface area contributed by atoms with E-state index in [1.54, 1.807) is 18.2 Å². The maximum absolute atomic E-state index is 12.4. The topological polar surface area (TPSA) is 72.2 Å². The third-order valence-electron chi connectivity index (χ3n) is 3.78. The van der Waals surface area contributed by atoms with Crippen molar-refractivity contribution in [2.24, 2.45) is 0 Å². The van der Waals surface area contributed by atoms with E-state index in [-0.39, 0.29) is 16.9 Å². The zero-order valence-corrected chi connectivity index (χ0v) is 14.7. The van der Waals surface area contributed by atoms with E-state index in [0.717, 1.165) is 5.56 Å². The largest absolute Gasteiger partial charge is 0.439 e. The van der Waals surface area contributed by atoms with Crippen LogP contribution in [0, 0.1) is 0 Å². The predicted molar refractivity (Wildman–Crippen MR) is 93.2 cm³/mol. The number of benzene rings is 2. The first-order chi connectivity index (χ1) is 11.3. The number of nitrogens with zero attached hydrogens (tertiary/aromatic N) is 1. The van der Waals surface area contributed by atoms with Crippen LogP contribution in [0.1, 0.15) is 32.2 Å². The van der Waals surface area contributed by atoms with Gasteiger partial charge >= 0.3 is 0 Å². The highest BCUT2D eigenvalue weighted by molar-refractivity contribution is 7.89. The highest BCUT2D eigenvalue weighted by Crippen LogP contribution is 2.23. The van der Waals surface area contributed by atoms with Crippen molar-refractivity contribution in [1.82, 2.24) is 9.71 Å². The first-order valence-electron chi connectivity index (χ1n) is 7.70. The highest BCUT2D eigenvalue weighted by atomic mass is 32.2. The zero-order valence-electron chi connectivity index (χ0n) is 13.9. The molecule has 126 valence electrons. The summed E-state index contributed by atoms with van der Waals surface area (Å²) >= 11 is 0. The molecule has 1 heterocycles. The third-order valence-corrected chi connectivity index (χ3v) is 5.20. The molecule has 0 spiro atoms. The summed E-state index contributed by atoms with van der Waals surface area (Å²) in [6.07, 6.45) is 0. The summed E-state index contributed by atoms with van der Waals surface area (Å²) in [6, 6.07) is 14.2. The molecule has 0 saturated heterocycles. The van der Waals surface area contributed by atoms with Crippen LogP contribution in [0.3, 0.4) is 0 Å². The maximum Gasteiger partial charge on any atom is 0.241 e. The fourth-order valence-electron chi connectivity index (χ4n) is 2.37. The molecule has 0 saturated carbocycles. The molecule has 0 bridgehead atoms. The molecule has 2 aromatic carbocycles. The molecule has 3 rings (SSSR count). The van der Waals surface area contributed by atoms with Gasteiger partial charge in [0.05, 0.1) is 11.4 Å². The van der Waals surface area contributed by atoms with Gasteiger partial charge in [-0.1, -0.05) is 45.0 Å². The van der Waals surface area contributed by atoms with E-state index in [1.165, 1.54) is 0 Å². The molecule has 1 N–H and O–H groups in total. The number of fused-ring (bicyclic) bond motifs is 1. The van der Waals surface area contributed by atoms with Gasteiger partial charge in [-0.25, -0.2) is 18.1 Å². The summed E-state index contributed by atoms with van der Waals surface area (Å²) < 4.78 is 32.9. The summed E-state index contributed by atoms with van der Waals surface area (Å²) in [5.41, 5.74) is 2.41. The van der Waals surface area contributed by atoms with E-state index in [4.69, 9.17) is 4.42 Å². The van der Waals surface area contributed by atoms with Crippen molar-refractivity contribution in [3.05, 3.63) is 60.0 Å². The molecule has 0 radical (unpaired) electrons. The molecule has 24 heavy (non-hydrogen) atoms. The van der Waals surface area contributed by atoms with E-state index in [9.17, 15) is 8.42 Å². The summed E-state index contributed by atoms with van der Waals surface area (Å²) in [5.74, 6) is 0.339. The Morgan fingerprint density at radius 1 is 1.04 bits per heavy atom. The number of aromatic nitrogens is 1. The molecular weight excluding hydrogens is 324 g/mol. The first-order valence-corrected chi connectivity index (χ1v) is 9.19. The molecular formula is C18H20N2O3S. The quantitative estimate of drug-likeness (QED) is 0.785. The van der Waals surface area contributed by atoms with Gasteiger partial charge in [0.15, 0.2) is 5.58 Å². The Labute approximate surface area is 141 Å². The molecule has 1 aromatic heterocycles. The van der Waals surface area contributed by atoms with E-state index >= 15 is 0 Å². The number of rotatable bonds is 4. The highest BCUT2D eigenvalue weighted by Gasteiger charge is 2.18. The number of nitrogens with one attached hydrogen (secondary N) is 1. The van der Waals surface area contributed by atoms with E-state index in [2.05, 4.69) is 30.5 Å². The average molecular weight is 344 g/mol. The van der Waals surface area contributed by atoms with E-state index in [0.29, 0.717) is 17.0 Å². The first kappa shape index (κ1) is 16.7. The van der Waals surface area contributed by atoms with Gasteiger partial charge in [0.25, 0.3) is 0 Å². The monoisotopic (exact) mass is 344 g/mol. The van der Waals surface area contributed by atoms with E-state index in [1.807, 2.05) is 30.3 Å². The lowest BCUT2D eigenvalue weighted by molar-refractivity contribution is 0.513. The second-order valence-electron chi connectivity index (χ2n) is 6.67. The second kappa shape index (κ2) is 6.03. The fourth-order valence-corrected chi connectivity index (χ4v) is 3.34. The number of hydrogen-bond donors (Lipinski definition) is 1. The maximum atomic E-state index is 12.4. The Morgan fingerprint density at radius 3 is 2.33 bits per heavy atom. The molecule has 0 amide bonds. The normalized spacial score (nSPS) is 12.6. The molecule has 0 unspecified atom stereocenters. The van der Waals surface area contributed by atoms with Crippen LogP contribution in [0.4, 0.5) is 0 Å². The molecule has 0 aliphatic carbocycles. The Kier molecular flexibility index (Phi) is 4.19. The average Bonchev–Trinajstić information content (AvgIpc) is 2.95. The Balaban J connectivity index is 1.76. The van der Waals surface area contributed by atoms with Crippen LogP contribution < -0.4 is 4.72 Å². The molecule has 0 fully saturated rings. The minimum atomic E-state index is -3.61. The number of oxazole rings is 1. The Hall–Kier alpha value is -2.18. The Bertz CT molecular complexity index is 919. The van der Waals surface area contributed by atoms with Gasteiger partial charge in [0.1, 0.15) is 5.52 Å². The van der Waals surface area contributed by atoms with Gasteiger partial charge in [-0.3, -0.25) is 0 Å². The van der Waals surface area contributed by atoms with Gasteiger partial charge in [-0.05, 0) is 35.2 Å². The summed E-state index contributed by atoms with van der Waals surface area (Å²) in [6.45, 7) is 6.27. The van der Waals surface area contributed by atoms with Crippen LogP contribution in [0.2, 0.25) is 0 Å². The van der Waals surface area contributed by atoms with Crippen LogP contribution in [0.15, 0.2) is 57.8 Å². The Morgan fingerprint density at radius 2 is 1.71 bits per heavy atom. The van der Waals surface area contributed by atoms with Gasteiger partial charge < -0.3 is 4.42 Å². The molecule has 0 aliphatic heterocycles. The lowest BCUT2D eigenvalue weighted by Crippen LogP contribution is -2.23. The van der Waals surface area contributed by atoms with Crippen molar-refractivity contribution in [3.8, 4) is 0 Å². The van der Waals surface area contributed by atoms with Crippen molar-refractivity contribution in [3.63, 3.8) is 0 Å². The zero-order chi connectivity index (χ0) is 17.4. The molecule has 0 aliphatic rings. The van der Waals surface area contributed by atoms with Crippen molar-refractivity contribution in [1.29, 1.82) is 0 Å². The summed E-state index contributed by atoms with van der Waals surface area (Å²) in [5, 5.41) is 0. The van der Waals surface area contributed by atoms with Crippen LogP contribution in [-0.2, 0) is 22.0 Å². The van der Waals surface area contributed by atoms with Crippen LogP contribution in [-0.4, -0.2) is 13.4 Å². The minimum absolute atomic E-state index is 0.0119. The van der Waals surface area contributed by atoms with Crippen LogP contribution >= 0.6 is 0 Å². The lowest BCUT2D eigenvalue weighted by Gasteiger charge is -2.19. The summed E-state index contributed by atoms with van der Waals surface area (Å²) in [7, 11) is -3.61. The number of para-hydroxylation sites is 2. The van der Waals surface area contributed by atoms with Gasteiger partial charge in [0.2, 0.25) is 15.9 Å². The number of sulfonamides is 1. The van der Waals surface area contributed by atoms with Gasteiger partial charge in [-0.15, -0.1) is 0 Å². The third kappa shape index (κ3) is 3.49. The van der Waals surface area contributed by atoms with Gasteiger partial charge in [0, 0.05) is 0 Å². The number of hydrogen-bond acceptors (Lipinski definition) is 4. The smallest absolute Gasteiger partial charge is 0.241 e. The minimum Gasteiger partial charge on any atom is -0.439 e. The van der Waals surface area contributed by atoms with Crippen LogP contribution in [0.5, 0.6) is 0 Å². The van der Waals surface area contributed by atoms with Crippen molar-refractivity contribution < 1.29 is 12.8 Å². The fraction of sp³-hybridized carbons (Fsp3) is 0.278. The molecule has 0 atom stereocenters. The van der Waals surface area contributed by atoms with Crippen LogP contribution in [0.25, 0.3) is 11.1 Å². The molecule has 3 aromatic rings. The second-order valence-corrected chi connectivity index (χ2v) is 8.44. The predicted octanol–water partition coefficient (Wildman–Crippen LogP) is 3.60. The SMILES string of the molecule is CC(C)(C)c1ccc(S(=O)(=O)NCc2nc3ccccc3o2)cc1. The molecule has 5 nitrogen and oxygen atoms in total. The van der Waals surface area contributed by atoms with Crippen molar-refractivity contribution >= 4 is 21.1 Å². The van der Waals surface area contributed by atoms with E-state index < -0.39 is 10.0 Å². The lowest BCUT2D eigenvalue weighted by atomic mass is 9.87. The molecule has 6 heteroatoms. The van der Waals surface area contributed by atoms with Crippen molar-refractivity contribution in [2.45, 2.75) is 37.6 Å². The van der Waals surface area contributed by atoms with Gasteiger partial charge in [-0.2, -0.15) is 0 Å². The standard InChI is InChI=1S/C18H20N2O3S/c1-18(2,3)13-8-10-14(11-9-13)24(21,22)19-12-17-20-15-6-4-5-7-16(15)23-17/h4-11,19H,12H2,1-3H3. The van der Waals surface area contributed by atoms with Crippen molar-refractivity contribution in [2.75, 3.05) is 0 Å². The summed E-state index contributed by atoms with van der Waals surface area (Å²) in [4.78, 5) is 4.49.